The highest BCUT2D eigenvalue weighted by molar-refractivity contribution is 5.28. The summed E-state index contributed by atoms with van der Waals surface area (Å²) in [7, 11) is 0. The monoisotopic (exact) mass is 284 g/mol. The van der Waals surface area contributed by atoms with E-state index in [4.69, 9.17) is 4.74 Å². The summed E-state index contributed by atoms with van der Waals surface area (Å²) < 4.78 is 5.83. The Morgan fingerprint density at radius 1 is 1.10 bits per heavy atom. The number of aromatic nitrogens is 1. The summed E-state index contributed by atoms with van der Waals surface area (Å²) in [5.41, 5.74) is 3.58. The molecule has 2 rings (SSSR count). The molecule has 0 aliphatic carbocycles. The molecule has 0 aliphatic rings. The Morgan fingerprint density at radius 3 is 2.52 bits per heavy atom. The van der Waals surface area contributed by atoms with Gasteiger partial charge in [0.1, 0.15) is 12.4 Å². The summed E-state index contributed by atoms with van der Waals surface area (Å²) in [6, 6.07) is 12.9. The Kier molecular flexibility index (Phi) is 5.76. The van der Waals surface area contributed by atoms with Crippen molar-refractivity contribution >= 4 is 0 Å². The van der Waals surface area contributed by atoms with Gasteiger partial charge in [-0.3, -0.25) is 4.98 Å². The lowest BCUT2D eigenvalue weighted by Crippen LogP contribution is -2.25. The van der Waals surface area contributed by atoms with E-state index in [0.717, 1.165) is 24.4 Å². The second-order valence-electron chi connectivity index (χ2n) is 5.55. The molecule has 2 aromatic rings. The summed E-state index contributed by atoms with van der Waals surface area (Å²) in [5, 5.41) is 3.45. The van der Waals surface area contributed by atoms with E-state index in [0.29, 0.717) is 12.6 Å². The normalized spacial score (nSPS) is 10.9. The van der Waals surface area contributed by atoms with Gasteiger partial charge >= 0.3 is 0 Å². The Labute approximate surface area is 127 Å². The van der Waals surface area contributed by atoms with Gasteiger partial charge in [-0.2, -0.15) is 0 Å². The van der Waals surface area contributed by atoms with Crippen LogP contribution in [-0.2, 0) is 13.0 Å². The number of ether oxygens (including phenoxy) is 1. The van der Waals surface area contributed by atoms with Crippen LogP contribution in [0.1, 0.15) is 30.7 Å². The fraction of sp³-hybridized carbons (Fsp3) is 0.389. The van der Waals surface area contributed by atoms with E-state index in [1.165, 1.54) is 11.1 Å². The standard InChI is InChI=1S/C18H24N2O/c1-14(2)19-11-10-16-6-4-5-7-17(16)13-21-18-9-8-15(3)20-12-18/h4-9,12,14,19H,10-11,13H2,1-3H3. The number of nitrogens with one attached hydrogen (secondary N) is 1. The number of hydrogen-bond donors (Lipinski definition) is 1. The molecule has 21 heavy (non-hydrogen) atoms. The highest BCUT2D eigenvalue weighted by Gasteiger charge is 2.03. The smallest absolute Gasteiger partial charge is 0.138 e. The molecule has 0 saturated carbocycles. The minimum atomic E-state index is 0.520. The molecule has 112 valence electrons. The summed E-state index contributed by atoms with van der Waals surface area (Å²) >= 11 is 0. The lowest BCUT2D eigenvalue weighted by atomic mass is 10.1. The first-order chi connectivity index (χ1) is 10.1. The van der Waals surface area contributed by atoms with E-state index in [9.17, 15) is 0 Å². The van der Waals surface area contributed by atoms with Crippen LogP contribution in [0.15, 0.2) is 42.6 Å². The largest absolute Gasteiger partial charge is 0.487 e. The van der Waals surface area contributed by atoms with Crippen LogP contribution in [0.2, 0.25) is 0 Å². The summed E-state index contributed by atoms with van der Waals surface area (Å²) in [4.78, 5) is 4.25. The van der Waals surface area contributed by atoms with Gasteiger partial charge in [-0.05, 0) is 43.1 Å². The van der Waals surface area contributed by atoms with Crippen molar-refractivity contribution < 1.29 is 4.74 Å². The van der Waals surface area contributed by atoms with Crippen LogP contribution >= 0.6 is 0 Å². The van der Waals surface area contributed by atoms with Crippen LogP contribution in [0.4, 0.5) is 0 Å². The molecule has 0 bridgehead atoms. The molecular formula is C18H24N2O. The molecule has 0 radical (unpaired) electrons. The number of aryl methyl sites for hydroxylation is 1. The summed E-state index contributed by atoms with van der Waals surface area (Å²) in [6.07, 6.45) is 2.79. The highest BCUT2D eigenvalue weighted by Crippen LogP contribution is 2.15. The Bertz CT molecular complexity index is 549. The molecule has 1 N–H and O–H groups in total. The quantitative estimate of drug-likeness (QED) is 0.845. The van der Waals surface area contributed by atoms with Crippen molar-refractivity contribution in [2.75, 3.05) is 6.54 Å². The average Bonchev–Trinajstić information content (AvgIpc) is 2.47. The zero-order chi connectivity index (χ0) is 15.1. The first-order valence-corrected chi connectivity index (χ1v) is 7.51. The third-order valence-corrected chi connectivity index (χ3v) is 3.34. The molecule has 1 aromatic carbocycles. The van der Waals surface area contributed by atoms with Crippen molar-refractivity contribution in [3.8, 4) is 5.75 Å². The van der Waals surface area contributed by atoms with E-state index in [-0.39, 0.29) is 0 Å². The minimum Gasteiger partial charge on any atom is -0.487 e. The lowest BCUT2D eigenvalue weighted by molar-refractivity contribution is 0.303. The molecule has 3 nitrogen and oxygen atoms in total. The second-order valence-corrected chi connectivity index (χ2v) is 5.55. The van der Waals surface area contributed by atoms with Gasteiger partial charge in [-0.15, -0.1) is 0 Å². The molecule has 0 aliphatic heterocycles. The SMILES string of the molecule is Cc1ccc(OCc2ccccc2CCNC(C)C)cn1. The maximum Gasteiger partial charge on any atom is 0.138 e. The van der Waals surface area contributed by atoms with Gasteiger partial charge in [0, 0.05) is 11.7 Å². The number of pyridine rings is 1. The van der Waals surface area contributed by atoms with Crippen molar-refractivity contribution in [2.24, 2.45) is 0 Å². The molecule has 0 unspecified atom stereocenters. The fourth-order valence-corrected chi connectivity index (χ4v) is 2.14. The topological polar surface area (TPSA) is 34.1 Å². The van der Waals surface area contributed by atoms with Gasteiger partial charge in [0.15, 0.2) is 0 Å². The number of benzene rings is 1. The van der Waals surface area contributed by atoms with Crippen molar-refractivity contribution in [3.63, 3.8) is 0 Å². The predicted molar refractivity (Wildman–Crippen MR) is 86.6 cm³/mol. The van der Waals surface area contributed by atoms with Crippen LogP contribution in [0.5, 0.6) is 5.75 Å². The zero-order valence-corrected chi connectivity index (χ0v) is 13.1. The first-order valence-electron chi connectivity index (χ1n) is 7.51. The fourth-order valence-electron chi connectivity index (χ4n) is 2.14. The van der Waals surface area contributed by atoms with Crippen molar-refractivity contribution in [3.05, 3.63) is 59.4 Å². The van der Waals surface area contributed by atoms with Gasteiger partial charge in [0.2, 0.25) is 0 Å². The van der Waals surface area contributed by atoms with Crippen molar-refractivity contribution in [2.45, 2.75) is 39.8 Å². The maximum absolute atomic E-state index is 5.83. The molecular weight excluding hydrogens is 260 g/mol. The summed E-state index contributed by atoms with van der Waals surface area (Å²) in [5.74, 6) is 0.815. The van der Waals surface area contributed by atoms with Crippen LogP contribution in [0.3, 0.4) is 0 Å². The molecule has 0 fully saturated rings. The Morgan fingerprint density at radius 2 is 1.86 bits per heavy atom. The highest BCUT2D eigenvalue weighted by atomic mass is 16.5. The molecule has 0 atom stereocenters. The van der Waals surface area contributed by atoms with Gasteiger partial charge in [0.25, 0.3) is 0 Å². The Balaban J connectivity index is 1.94. The van der Waals surface area contributed by atoms with E-state index in [2.05, 4.69) is 48.4 Å². The van der Waals surface area contributed by atoms with Gasteiger partial charge in [-0.25, -0.2) is 0 Å². The van der Waals surface area contributed by atoms with E-state index < -0.39 is 0 Å². The molecule has 0 amide bonds. The second kappa shape index (κ2) is 7.79. The molecule has 1 aromatic heterocycles. The van der Waals surface area contributed by atoms with Gasteiger partial charge in [-0.1, -0.05) is 38.1 Å². The molecule has 1 heterocycles. The van der Waals surface area contributed by atoms with E-state index in [1.54, 1.807) is 6.20 Å². The first kappa shape index (κ1) is 15.5. The molecule has 3 heteroatoms. The zero-order valence-electron chi connectivity index (χ0n) is 13.1. The van der Waals surface area contributed by atoms with E-state index in [1.807, 2.05) is 19.1 Å². The average molecular weight is 284 g/mol. The van der Waals surface area contributed by atoms with Crippen LogP contribution in [0.25, 0.3) is 0 Å². The summed E-state index contributed by atoms with van der Waals surface area (Å²) in [6.45, 7) is 7.88. The number of hydrogen-bond acceptors (Lipinski definition) is 3. The number of rotatable bonds is 7. The van der Waals surface area contributed by atoms with Gasteiger partial charge in [0.05, 0.1) is 6.20 Å². The third kappa shape index (κ3) is 5.20. The minimum absolute atomic E-state index is 0.520. The van der Waals surface area contributed by atoms with Crippen LogP contribution in [-0.4, -0.2) is 17.6 Å². The van der Waals surface area contributed by atoms with Crippen LogP contribution in [0, 0.1) is 6.92 Å². The Hall–Kier alpha value is -1.87. The number of nitrogens with zero attached hydrogens (tertiary/aromatic N) is 1. The maximum atomic E-state index is 5.83. The van der Waals surface area contributed by atoms with Crippen molar-refractivity contribution in [1.82, 2.24) is 10.3 Å². The van der Waals surface area contributed by atoms with Crippen molar-refractivity contribution in [1.29, 1.82) is 0 Å². The third-order valence-electron chi connectivity index (χ3n) is 3.34. The van der Waals surface area contributed by atoms with Gasteiger partial charge < -0.3 is 10.1 Å². The lowest BCUT2D eigenvalue weighted by Gasteiger charge is -2.12. The van der Waals surface area contributed by atoms with E-state index >= 15 is 0 Å². The van der Waals surface area contributed by atoms with Crippen LogP contribution < -0.4 is 10.1 Å². The molecule has 0 saturated heterocycles. The predicted octanol–water partition coefficient (Wildman–Crippen LogP) is 3.51. The molecule has 0 spiro atoms.